The molecule has 0 atom stereocenters. The van der Waals surface area contributed by atoms with E-state index >= 15 is 0 Å². The third kappa shape index (κ3) is 3.74. The van der Waals surface area contributed by atoms with Crippen LogP contribution in [0.25, 0.3) is 0 Å². The molecule has 0 saturated carbocycles. The predicted octanol–water partition coefficient (Wildman–Crippen LogP) is 2.55. The molecule has 0 radical (unpaired) electrons. The average Bonchev–Trinajstić information content (AvgIpc) is 2.62. The normalized spacial score (nSPS) is 11.4. The molecule has 0 aliphatic rings. The topological polar surface area (TPSA) is 64.2 Å². The molecule has 0 saturated heterocycles. The second-order valence-corrected chi connectivity index (χ2v) is 6.16. The van der Waals surface area contributed by atoms with Crippen molar-refractivity contribution in [2.24, 2.45) is 11.8 Å². The van der Waals surface area contributed by atoms with Gasteiger partial charge in [-0.1, -0.05) is 27.7 Å². The maximum absolute atomic E-state index is 12.8. The molecule has 1 aromatic heterocycles. The highest BCUT2D eigenvalue weighted by Crippen LogP contribution is 2.19. The van der Waals surface area contributed by atoms with Crippen LogP contribution >= 0.6 is 0 Å². The van der Waals surface area contributed by atoms with Crippen molar-refractivity contribution in [2.45, 2.75) is 48.1 Å². The van der Waals surface area contributed by atoms with Crippen molar-refractivity contribution in [1.29, 1.82) is 0 Å². The molecule has 0 aromatic carbocycles. The Morgan fingerprint density at radius 3 is 2.15 bits per heavy atom. The summed E-state index contributed by atoms with van der Waals surface area (Å²) in [5, 5.41) is 4.33. The Bertz CT molecular complexity index is 453. The van der Waals surface area contributed by atoms with Crippen LogP contribution in [0.15, 0.2) is 0 Å². The van der Waals surface area contributed by atoms with E-state index in [1.165, 1.54) is 0 Å². The van der Waals surface area contributed by atoms with Crippen LogP contribution in [0, 0.1) is 18.8 Å². The Hall–Kier alpha value is -1.52. The van der Waals surface area contributed by atoms with Crippen LogP contribution in [-0.2, 0) is 6.54 Å². The minimum Gasteiger partial charge on any atom is -0.395 e. The molecule has 5 heteroatoms. The zero-order chi connectivity index (χ0) is 15.4. The van der Waals surface area contributed by atoms with Gasteiger partial charge >= 0.3 is 0 Å². The van der Waals surface area contributed by atoms with Crippen LogP contribution in [0.3, 0.4) is 0 Å². The second kappa shape index (κ2) is 6.77. The first-order valence-electron chi connectivity index (χ1n) is 7.40. The molecule has 1 aromatic rings. The molecule has 1 rings (SSSR count). The monoisotopic (exact) mass is 280 g/mol. The first-order valence-corrected chi connectivity index (χ1v) is 7.40. The van der Waals surface area contributed by atoms with Crippen LogP contribution in [0.1, 0.15) is 50.8 Å². The van der Waals surface area contributed by atoms with E-state index in [1.807, 2.05) is 18.7 Å². The highest BCUT2D eigenvalue weighted by molar-refractivity contribution is 5.98. The molecule has 0 fully saturated rings. The Labute approximate surface area is 122 Å². The molecule has 1 amide bonds. The molecule has 5 nitrogen and oxygen atoms in total. The number of nitrogens with zero attached hydrogens (tertiary/aromatic N) is 3. The Morgan fingerprint density at radius 2 is 1.75 bits per heavy atom. The highest BCUT2D eigenvalue weighted by Gasteiger charge is 2.25. The van der Waals surface area contributed by atoms with Crippen molar-refractivity contribution in [3.63, 3.8) is 0 Å². The van der Waals surface area contributed by atoms with Gasteiger partial charge in [0.2, 0.25) is 0 Å². The largest absolute Gasteiger partial charge is 0.395 e. The van der Waals surface area contributed by atoms with Gasteiger partial charge in [0.05, 0.1) is 11.4 Å². The van der Waals surface area contributed by atoms with Crippen LogP contribution in [0.5, 0.6) is 0 Å². The maximum atomic E-state index is 12.8. The maximum Gasteiger partial charge on any atom is 0.274 e. The lowest BCUT2D eigenvalue weighted by Gasteiger charge is -2.26. The fourth-order valence-corrected chi connectivity index (χ4v) is 2.32. The third-order valence-electron chi connectivity index (χ3n) is 3.13. The van der Waals surface area contributed by atoms with Crippen LogP contribution in [0.2, 0.25) is 0 Å². The van der Waals surface area contributed by atoms with E-state index in [1.54, 1.807) is 4.68 Å². The van der Waals surface area contributed by atoms with Crippen molar-refractivity contribution in [3.8, 4) is 0 Å². The lowest BCUT2D eigenvalue weighted by molar-refractivity contribution is 0.0703. The molecular weight excluding hydrogens is 252 g/mol. The van der Waals surface area contributed by atoms with E-state index in [9.17, 15) is 4.79 Å². The molecule has 2 N–H and O–H groups in total. The van der Waals surface area contributed by atoms with Crippen molar-refractivity contribution in [1.82, 2.24) is 14.7 Å². The molecule has 0 aliphatic carbocycles. The first kappa shape index (κ1) is 16.5. The summed E-state index contributed by atoms with van der Waals surface area (Å²) in [6, 6.07) is 0. The standard InChI is InChI=1S/C15H28N4O/c1-7-19-14(13(16)12(6)17-19)15(20)18(8-10(2)3)9-11(4)5/h10-11H,7-9,16H2,1-6H3. The Kier molecular flexibility index (Phi) is 5.60. The first-order chi connectivity index (χ1) is 9.27. The molecule has 114 valence electrons. The summed E-state index contributed by atoms with van der Waals surface area (Å²) in [6.07, 6.45) is 0. The van der Waals surface area contributed by atoms with Crippen molar-refractivity contribution < 1.29 is 4.79 Å². The number of aryl methyl sites for hydroxylation is 2. The number of nitrogens with two attached hydrogens (primary N) is 1. The lowest BCUT2D eigenvalue weighted by Crippen LogP contribution is -2.38. The minimum atomic E-state index is -0.00708. The Morgan fingerprint density at radius 1 is 1.25 bits per heavy atom. The summed E-state index contributed by atoms with van der Waals surface area (Å²) >= 11 is 0. The van der Waals surface area contributed by atoms with Gasteiger partial charge in [0.25, 0.3) is 5.91 Å². The van der Waals surface area contributed by atoms with E-state index in [0.717, 1.165) is 18.8 Å². The molecule has 1 heterocycles. The van der Waals surface area contributed by atoms with E-state index in [2.05, 4.69) is 32.8 Å². The molecular formula is C15H28N4O. The number of hydrogen-bond acceptors (Lipinski definition) is 3. The van der Waals surface area contributed by atoms with Crippen LogP contribution in [-0.4, -0.2) is 33.7 Å². The van der Waals surface area contributed by atoms with Crippen molar-refractivity contribution in [3.05, 3.63) is 11.4 Å². The van der Waals surface area contributed by atoms with Crippen LogP contribution in [0.4, 0.5) is 5.69 Å². The predicted molar refractivity (Wildman–Crippen MR) is 82.6 cm³/mol. The summed E-state index contributed by atoms with van der Waals surface area (Å²) in [4.78, 5) is 14.7. The van der Waals surface area contributed by atoms with E-state index in [0.29, 0.717) is 29.8 Å². The van der Waals surface area contributed by atoms with Gasteiger partial charge in [-0.2, -0.15) is 5.10 Å². The lowest BCUT2D eigenvalue weighted by atomic mass is 10.1. The molecule has 0 unspecified atom stereocenters. The zero-order valence-corrected chi connectivity index (χ0v) is 13.6. The summed E-state index contributed by atoms with van der Waals surface area (Å²) in [5.41, 5.74) is 7.82. The van der Waals surface area contributed by atoms with E-state index in [-0.39, 0.29) is 5.91 Å². The van der Waals surface area contributed by atoms with E-state index in [4.69, 9.17) is 5.73 Å². The number of hydrogen-bond donors (Lipinski definition) is 1. The van der Waals surface area contributed by atoms with Crippen LogP contribution < -0.4 is 5.73 Å². The smallest absolute Gasteiger partial charge is 0.274 e. The van der Waals surface area contributed by atoms with Gasteiger partial charge in [-0.25, -0.2) is 0 Å². The summed E-state index contributed by atoms with van der Waals surface area (Å²) in [7, 11) is 0. The number of carbonyl (C=O) groups excluding carboxylic acids is 1. The van der Waals surface area contributed by atoms with Gasteiger partial charge in [-0.05, 0) is 25.7 Å². The quantitative estimate of drug-likeness (QED) is 0.871. The molecule has 0 spiro atoms. The summed E-state index contributed by atoms with van der Waals surface area (Å²) in [5.74, 6) is 0.850. The van der Waals surface area contributed by atoms with Gasteiger partial charge in [0.15, 0.2) is 0 Å². The SMILES string of the molecule is CCn1nc(C)c(N)c1C(=O)N(CC(C)C)CC(C)C. The van der Waals surface area contributed by atoms with Gasteiger partial charge in [-0.15, -0.1) is 0 Å². The number of anilines is 1. The van der Waals surface area contributed by atoms with Gasteiger partial charge in [0.1, 0.15) is 5.69 Å². The van der Waals surface area contributed by atoms with Crippen molar-refractivity contribution >= 4 is 11.6 Å². The van der Waals surface area contributed by atoms with Gasteiger partial charge in [0, 0.05) is 19.6 Å². The number of amides is 1. The number of rotatable bonds is 6. The summed E-state index contributed by atoms with van der Waals surface area (Å²) in [6.45, 7) is 14.4. The zero-order valence-electron chi connectivity index (χ0n) is 13.6. The van der Waals surface area contributed by atoms with E-state index < -0.39 is 0 Å². The van der Waals surface area contributed by atoms with Gasteiger partial charge in [-0.3, -0.25) is 9.48 Å². The van der Waals surface area contributed by atoms with Gasteiger partial charge < -0.3 is 10.6 Å². The number of carbonyl (C=O) groups is 1. The second-order valence-electron chi connectivity index (χ2n) is 6.16. The average molecular weight is 280 g/mol. The summed E-state index contributed by atoms with van der Waals surface area (Å²) < 4.78 is 1.71. The fourth-order valence-electron chi connectivity index (χ4n) is 2.32. The van der Waals surface area contributed by atoms with Crippen molar-refractivity contribution in [2.75, 3.05) is 18.8 Å². The fraction of sp³-hybridized carbons (Fsp3) is 0.733. The number of nitrogen functional groups attached to an aromatic ring is 1. The molecule has 0 bridgehead atoms. The highest BCUT2D eigenvalue weighted by atomic mass is 16.2. The molecule has 0 aliphatic heterocycles. The Balaban J connectivity index is 3.11. The third-order valence-corrected chi connectivity index (χ3v) is 3.13. The number of aromatic nitrogens is 2. The molecule has 20 heavy (non-hydrogen) atoms. The minimum absolute atomic E-state index is 0.00708.